The molecule has 30 heavy (non-hydrogen) atoms. The fraction of sp³-hybridized carbons (Fsp3) is 0.391. The molecule has 0 spiro atoms. The smallest absolute Gasteiger partial charge is 0.227 e. The van der Waals surface area contributed by atoms with Crippen molar-refractivity contribution in [1.29, 1.82) is 0 Å². The molecular formula is C23H29N3O4. The second-order valence-corrected chi connectivity index (χ2v) is 6.83. The molecular weight excluding hydrogens is 382 g/mol. The maximum Gasteiger partial charge on any atom is 0.227 e. The zero-order chi connectivity index (χ0) is 21.3. The van der Waals surface area contributed by atoms with Crippen molar-refractivity contribution in [2.24, 2.45) is 0 Å². The van der Waals surface area contributed by atoms with Gasteiger partial charge in [-0.1, -0.05) is 24.3 Å². The number of imidazole rings is 1. The van der Waals surface area contributed by atoms with Crippen molar-refractivity contribution in [3.05, 3.63) is 48.0 Å². The lowest BCUT2D eigenvalue weighted by Gasteiger charge is -2.13. The second-order valence-electron chi connectivity index (χ2n) is 6.83. The maximum atomic E-state index is 12.7. The first-order valence-electron chi connectivity index (χ1n) is 10.2. The lowest BCUT2D eigenvalue weighted by Crippen LogP contribution is -2.17. The Morgan fingerprint density at radius 2 is 1.93 bits per heavy atom. The molecule has 0 aliphatic heterocycles. The first kappa shape index (κ1) is 21.6. The van der Waals surface area contributed by atoms with E-state index in [1.54, 1.807) is 14.2 Å². The number of aryl methyl sites for hydroxylation is 2. The number of fused-ring (bicyclic) bond motifs is 1. The summed E-state index contributed by atoms with van der Waals surface area (Å²) in [5.41, 5.74) is 2.79. The number of aromatic nitrogens is 2. The molecule has 160 valence electrons. The number of nitrogens with one attached hydrogen (secondary N) is 1. The molecule has 7 heteroatoms. The van der Waals surface area contributed by atoms with Gasteiger partial charge in [0.15, 0.2) is 11.5 Å². The lowest BCUT2D eigenvalue weighted by atomic mass is 10.1. The number of benzene rings is 2. The molecule has 1 amide bonds. The van der Waals surface area contributed by atoms with Crippen LogP contribution in [0.15, 0.2) is 42.5 Å². The van der Waals surface area contributed by atoms with Gasteiger partial charge in [0.2, 0.25) is 11.9 Å². The van der Waals surface area contributed by atoms with Crippen LogP contribution in [0.2, 0.25) is 0 Å². The van der Waals surface area contributed by atoms with Crippen LogP contribution in [0.3, 0.4) is 0 Å². The molecule has 1 aromatic heterocycles. The summed E-state index contributed by atoms with van der Waals surface area (Å²) >= 11 is 0. The van der Waals surface area contributed by atoms with Crippen LogP contribution >= 0.6 is 0 Å². The SMILES string of the molecule is CCOCCCn1c(NC(=O)CCc2cccc(OC)c2OC)nc2ccccc21. The minimum atomic E-state index is -0.0961. The lowest BCUT2D eigenvalue weighted by molar-refractivity contribution is -0.116. The number of rotatable bonds is 11. The Kier molecular flexibility index (Phi) is 7.68. The summed E-state index contributed by atoms with van der Waals surface area (Å²) in [7, 11) is 3.20. The van der Waals surface area contributed by atoms with Crippen LogP contribution in [0.5, 0.6) is 11.5 Å². The van der Waals surface area contributed by atoms with Crippen LogP contribution in [0.4, 0.5) is 5.95 Å². The third-order valence-corrected chi connectivity index (χ3v) is 4.89. The van der Waals surface area contributed by atoms with Gasteiger partial charge < -0.3 is 18.8 Å². The minimum Gasteiger partial charge on any atom is -0.493 e. The van der Waals surface area contributed by atoms with E-state index in [4.69, 9.17) is 14.2 Å². The Bertz CT molecular complexity index is 984. The summed E-state index contributed by atoms with van der Waals surface area (Å²) in [5, 5.41) is 2.98. The van der Waals surface area contributed by atoms with E-state index < -0.39 is 0 Å². The highest BCUT2D eigenvalue weighted by Gasteiger charge is 2.15. The largest absolute Gasteiger partial charge is 0.493 e. The number of carbonyl (C=O) groups is 1. The fourth-order valence-corrected chi connectivity index (χ4v) is 3.45. The molecule has 0 radical (unpaired) electrons. The summed E-state index contributed by atoms with van der Waals surface area (Å²) in [6.45, 7) is 4.07. The van der Waals surface area contributed by atoms with E-state index >= 15 is 0 Å². The average molecular weight is 412 g/mol. The topological polar surface area (TPSA) is 74.6 Å². The predicted octanol–water partition coefficient (Wildman–Crippen LogP) is 4.05. The normalized spacial score (nSPS) is 10.9. The van der Waals surface area contributed by atoms with Crippen LogP contribution in [0, 0.1) is 0 Å². The van der Waals surface area contributed by atoms with Crippen LogP contribution < -0.4 is 14.8 Å². The molecule has 3 rings (SSSR count). The monoisotopic (exact) mass is 411 g/mol. The van der Waals surface area contributed by atoms with Gasteiger partial charge in [-0.2, -0.15) is 0 Å². The van der Waals surface area contributed by atoms with Crippen LogP contribution in [0.25, 0.3) is 11.0 Å². The van der Waals surface area contributed by atoms with Gasteiger partial charge in [-0.3, -0.25) is 10.1 Å². The number of methoxy groups -OCH3 is 2. The quantitative estimate of drug-likeness (QED) is 0.482. The Balaban J connectivity index is 1.70. The van der Waals surface area contributed by atoms with Crippen LogP contribution in [-0.2, 0) is 22.5 Å². The summed E-state index contributed by atoms with van der Waals surface area (Å²) in [5.74, 6) is 1.79. The van der Waals surface area contributed by atoms with Crippen LogP contribution in [-0.4, -0.2) is 42.9 Å². The standard InChI is InChI=1S/C23H29N3O4/c1-4-30-16-8-15-26-19-11-6-5-10-18(19)24-23(26)25-21(27)14-13-17-9-7-12-20(28-2)22(17)29-3/h5-7,9-12H,4,8,13-16H2,1-3H3,(H,24,25,27). The maximum absolute atomic E-state index is 12.7. The number of carbonyl (C=O) groups excluding carboxylic acids is 1. The van der Waals surface area contributed by atoms with Crippen molar-refractivity contribution in [2.45, 2.75) is 32.7 Å². The number of para-hydroxylation sites is 3. The van der Waals surface area contributed by atoms with Crippen molar-refractivity contribution in [2.75, 3.05) is 32.8 Å². The van der Waals surface area contributed by atoms with Gasteiger partial charge in [0, 0.05) is 26.2 Å². The fourth-order valence-electron chi connectivity index (χ4n) is 3.45. The van der Waals surface area contributed by atoms with Crippen LogP contribution in [0.1, 0.15) is 25.3 Å². The summed E-state index contributed by atoms with van der Waals surface area (Å²) in [6.07, 6.45) is 1.69. The molecule has 7 nitrogen and oxygen atoms in total. The van der Waals surface area contributed by atoms with E-state index in [1.165, 1.54) is 0 Å². The molecule has 0 aliphatic carbocycles. The van der Waals surface area contributed by atoms with Gasteiger partial charge in [-0.05, 0) is 43.5 Å². The van der Waals surface area contributed by atoms with E-state index in [0.717, 1.165) is 29.6 Å². The van der Waals surface area contributed by atoms with E-state index in [0.29, 0.717) is 43.5 Å². The Morgan fingerprint density at radius 3 is 2.70 bits per heavy atom. The molecule has 1 N–H and O–H groups in total. The first-order chi connectivity index (χ1) is 14.7. The number of amides is 1. The third kappa shape index (κ3) is 5.10. The number of ether oxygens (including phenoxy) is 3. The van der Waals surface area contributed by atoms with E-state index in [-0.39, 0.29) is 5.91 Å². The molecule has 2 aromatic carbocycles. The highest BCUT2D eigenvalue weighted by atomic mass is 16.5. The summed E-state index contributed by atoms with van der Waals surface area (Å²) < 4.78 is 18.3. The molecule has 0 saturated heterocycles. The second kappa shape index (κ2) is 10.6. The molecule has 0 unspecified atom stereocenters. The number of hydrogen-bond acceptors (Lipinski definition) is 5. The van der Waals surface area contributed by atoms with Crippen molar-refractivity contribution < 1.29 is 19.0 Å². The summed E-state index contributed by atoms with van der Waals surface area (Å²) in [4.78, 5) is 17.3. The minimum absolute atomic E-state index is 0.0961. The van der Waals surface area contributed by atoms with Gasteiger partial charge in [0.1, 0.15) is 0 Å². The molecule has 0 aliphatic rings. The highest BCUT2D eigenvalue weighted by Crippen LogP contribution is 2.31. The van der Waals surface area contributed by atoms with Crippen molar-refractivity contribution in [1.82, 2.24) is 9.55 Å². The summed E-state index contributed by atoms with van der Waals surface area (Å²) in [6, 6.07) is 13.6. The average Bonchev–Trinajstić information content (AvgIpc) is 3.11. The van der Waals surface area contributed by atoms with E-state index in [2.05, 4.69) is 10.3 Å². The van der Waals surface area contributed by atoms with Gasteiger partial charge >= 0.3 is 0 Å². The first-order valence-corrected chi connectivity index (χ1v) is 10.2. The Morgan fingerprint density at radius 1 is 1.10 bits per heavy atom. The molecule has 0 bridgehead atoms. The highest BCUT2D eigenvalue weighted by molar-refractivity contribution is 5.91. The molecule has 0 atom stereocenters. The van der Waals surface area contributed by atoms with Crippen molar-refractivity contribution >= 4 is 22.9 Å². The Labute approximate surface area is 177 Å². The molecule has 0 saturated carbocycles. The van der Waals surface area contributed by atoms with Crippen molar-refractivity contribution in [3.8, 4) is 11.5 Å². The zero-order valence-corrected chi connectivity index (χ0v) is 17.8. The molecule has 0 fully saturated rings. The number of anilines is 1. The van der Waals surface area contributed by atoms with E-state index in [9.17, 15) is 4.79 Å². The number of nitrogens with zero attached hydrogens (tertiary/aromatic N) is 2. The Hall–Kier alpha value is -3.06. The molecule has 1 heterocycles. The number of hydrogen-bond donors (Lipinski definition) is 1. The zero-order valence-electron chi connectivity index (χ0n) is 17.8. The van der Waals surface area contributed by atoms with E-state index in [1.807, 2.05) is 54.0 Å². The van der Waals surface area contributed by atoms with Crippen molar-refractivity contribution in [3.63, 3.8) is 0 Å². The van der Waals surface area contributed by atoms with Gasteiger partial charge in [-0.25, -0.2) is 4.98 Å². The molecule has 3 aromatic rings. The van der Waals surface area contributed by atoms with Gasteiger partial charge in [0.25, 0.3) is 0 Å². The third-order valence-electron chi connectivity index (χ3n) is 4.89. The van der Waals surface area contributed by atoms with Gasteiger partial charge in [-0.15, -0.1) is 0 Å². The van der Waals surface area contributed by atoms with Gasteiger partial charge in [0.05, 0.1) is 25.3 Å². The predicted molar refractivity (Wildman–Crippen MR) is 117 cm³/mol.